The summed E-state index contributed by atoms with van der Waals surface area (Å²) in [6.45, 7) is 2.17. The molecule has 68 valence electrons. The molecule has 1 aliphatic rings. The van der Waals surface area contributed by atoms with Crippen LogP contribution in [0.15, 0.2) is 17.3 Å². The number of nitrogens with zero attached hydrogens (tertiary/aromatic N) is 1. The smallest absolute Gasteiger partial charge is 0.231 e. The van der Waals surface area contributed by atoms with Crippen molar-refractivity contribution in [3.05, 3.63) is 23.3 Å². The third-order valence-electron chi connectivity index (χ3n) is 1.84. The van der Waals surface area contributed by atoms with Crippen molar-refractivity contribution < 1.29 is 14.7 Å². The molecular weight excluding hydrogens is 170 g/mol. The molecule has 13 heavy (non-hydrogen) atoms. The number of benzene rings is 1. The first-order valence-electron chi connectivity index (χ1n) is 3.89. The molecule has 0 spiro atoms. The standard InChI is InChI=1S/C9H9NO3/c1-6-2-7(4-10-11)9-8(3-6)12-5-13-9/h2-4,11H,5H2,1H3/b10-4+. The second-order valence-electron chi connectivity index (χ2n) is 2.83. The number of rotatable bonds is 1. The van der Waals surface area contributed by atoms with Crippen LogP contribution in [0.1, 0.15) is 11.1 Å². The molecule has 4 heteroatoms. The summed E-state index contributed by atoms with van der Waals surface area (Å²) >= 11 is 0. The van der Waals surface area contributed by atoms with E-state index < -0.39 is 0 Å². The molecule has 1 aliphatic heterocycles. The van der Waals surface area contributed by atoms with Crippen LogP contribution >= 0.6 is 0 Å². The third kappa shape index (κ3) is 1.30. The van der Waals surface area contributed by atoms with Gasteiger partial charge in [0.1, 0.15) is 0 Å². The second kappa shape index (κ2) is 2.97. The van der Waals surface area contributed by atoms with Crippen LogP contribution in [0.25, 0.3) is 0 Å². The monoisotopic (exact) mass is 179 g/mol. The van der Waals surface area contributed by atoms with Crippen LogP contribution in [0, 0.1) is 6.92 Å². The third-order valence-corrected chi connectivity index (χ3v) is 1.84. The topological polar surface area (TPSA) is 51.1 Å². The molecule has 1 aromatic carbocycles. The Hall–Kier alpha value is -1.71. The Morgan fingerprint density at radius 2 is 2.31 bits per heavy atom. The lowest BCUT2D eigenvalue weighted by Gasteiger charge is -2.01. The van der Waals surface area contributed by atoms with E-state index in [1.165, 1.54) is 6.21 Å². The zero-order valence-corrected chi connectivity index (χ0v) is 7.15. The average molecular weight is 179 g/mol. The van der Waals surface area contributed by atoms with Crippen molar-refractivity contribution >= 4 is 6.21 Å². The molecule has 0 aromatic heterocycles. The number of fused-ring (bicyclic) bond motifs is 1. The molecule has 0 bridgehead atoms. The zero-order valence-electron chi connectivity index (χ0n) is 7.15. The van der Waals surface area contributed by atoms with Crippen molar-refractivity contribution in [1.82, 2.24) is 0 Å². The van der Waals surface area contributed by atoms with Gasteiger partial charge in [0.2, 0.25) is 6.79 Å². The van der Waals surface area contributed by atoms with Gasteiger partial charge in [-0.05, 0) is 24.6 Å². The van der Waals surface area contributed by atoms with Crippen LogP contribution in [0.5, 0.6) is 11.5 Å². The minimum absolute atomic E-state index is 0.227. The highest BCUT2D eigenvalue weighted by atomic mass is 16.7. The van der Waals surface area contributed by atoms with E-state index in [1.807, 2.05) is 19.1 Å². The first kappa shape index (κ1) is 7.91. The normalized spacial score (nSPS) is 13.9. The van der Waals surface area contributed by atoms with Gasteiger partial charge in [0.05, 0.1) is 6.21 Å². The highest BCUT2D eigenvalue weighted by Gasteiger charge is 2.17. The number of hydrogen-bond acceptors (Lipinski definition) is 4. The van der Waals surface area contributed by atoms with E-state index in [0.717, 1.165) is 11.1 Å². The van der Waals surface area contributed by atoms with Crippen LogP contribution < -0.4 is 9.47 Å². The highest BCUT2D eigenvalue weighted by molar-refractivity contribution is 5.85. The molecule has 0 aliphatic carbocycles. The van der Waals surface area contributed by atoms with Crippen molar-refractivity contribution in [2.75, 3.05) is 6.79 Å². The fourth-order valence-electron chi connectivity index (χ4n) is 1.34. The minimum atomic E-state index is 0.227. The van der Waals surface area contributed by atoms with E-state index in [9.17, 15) is 0 Å². The van der Waals surface area contributed by atoms with Gasteiger partial charge in [0.15, 0.2) is 11.5 Å². The Labute approximate surface area is 75.4 Å². The lowest BCUT2D eigenvalue weighted by molar-refractivity contribution is 0.174. The fourth-order valence-corrected chi connectivity index (χ4v) is 1.34. The van der Waals surface area contributed by atoms with Gasteiger partial charge in [-0.15, -0.1) is 0 Å². The highest BCUT2D eigenvalue weighted by Crippen LogP contribution is 2.35. The predicted molar refractivity (Wildman–Crippen MR) is 46.7 cm³/mol. The fraction of sp³-hybridized carbons (Fsp3) is 0.222. The molecule has 0 radical (unpaired) electrons. The van der Waals surface area contributed by atoms with Gasteiger partial charge in [-0.25, -0.2) is 0 Å². The summed E-state index contributed by atoms with van der Waals surface area (Å²) in [5.41, 5.74) is 1.77. The molecule has 0 atom stereocenters. The quantitative estimate of drug-likeness (QED) is 0.404. The molecule has 0 fully saturated rings. The van der Waals surface area contributed by atoms with Crippen molar-refractivity contribution in [1.29, 1.82) is 0 Å². The summed E-state index contributed by atoms with van der Waals surface area (Å²) in [6.07, 6.45) is 1.33. The average Bonchev–Trinajstić information content (AvgIpc) is 2.52. The number of hydrogen-bond donors (Lipinski definition) is 1. The van der Waals surface area contributed by atoms with Crippen LogP contribution in [-0.2, 0) is 0 Å². The molecule has 0 unspecified atom stereocenters. The van der Waals surface area contributed by atoms with Gasteiger partial charge < -0.3 is 14.7 Å². The van der Waals surface area contributed by atoms with Gasteiger partial charge in [-0.3, -0.25) is 0 Å². The van der Waals surface area contributed by atoms with E-state index in [1.54, 1.807) is 0 Å². The molecule has 2 rings (SSSR count). The maximum Gasteiger partial charge on any atom is 0.231 e. The van der Waals surface area contributed by atoms with E-state index in [-0.39, 0.29) is 6.79 Å². The number of aryl methyl sites for hydroxylation is 1. The Bertz CT molecular complexity index is 360. The van der Waals surface area contributed by atoms with Crippen molar-refractivity contribution in [2.24, 2.45) is 5.16 Å². The Balaban J connectivity index is 2.55. The van der Waals surface area contributed by atoms with E-state index in [0.29, 0.717) is 11.5 Å². The molecule has 1 heterocycles. The van der Waals surface area contributed by atoms with Gasteiger partial charge >= 0.3 is 0 Å². The lowest BCUT2D eigenvalue weighted by atomic mass is 10.1. The van der Waals surface area contributed by atoms with Crippen molar-refractivity contribution in [3.63, 3.8) is 0 Å². The summed E-state index contributed by atoms with van der Waals surface area (Å²) in [4.78, 5) is 0. The molecule has 0 saturated heterocycles. The van der Waals surface area contributed by atoms with Crippen LogP contribution in [0.2, 0.25) is 0 Å². The SMILES string of the molecule is Cc1cc(/C=N/O)c2c(c1)OCO2. The second-order valence-corrected chi connectivity index (χ2v) is 2.83. The van der Waals surface area contributed by atoms with Gasteiger partial charge in [0, 0.05) is 5.56 Å². The number of oxime groups is 1. The summed E-state index contributed by atoms with van der Waals surface area (Å²) in [7, 11) is 0. The molecule has 1 N–H and O–H groups in total. The van der Waals surface area contributed by atoms with Crippen molar-refractivity contribution in [2.45, 2.75) is 6.92 Å². The predicted octanol–water partition coefficient (Wildman–Crippen LogP) is 1.53. The first-order chi connectivity index (χ1) is 6.31. The molecule has 1 aromatic rings. The lowest BCUT2D eigenvalue weighted by Crippen LogP contribution is -1.94. The minimum Gasteiger partial charge on any atom is -0.454 e. The van der Waals surface area contributed by atoms with E-state index in [4.69, 9.17) is 14.7 Å². The van der Waals surface area contributed by atoms with E-state index in [2.05, 4.69) is 5.16 Å². The first-order valence-corrected chi connectivity index (χ1v) is 3.89. The zero-order chi connectivity index (χ0) is 9.26. The van der Waals surface area contributed by atoms with Crippen LogP contribution in [0.3, 0.4) is 0 Å². The Morgan fingerprint density at radius 1 is 1.46 bits per heavy atom. The maximum absolute atomic E-state index is 8.41. The molecule has 0 amide bonds. The van der Waals surface area contributed by atoms with E-state index >= 15 is 0 Å². The van der Waals surface area contributed by atoms with Gasteiger partial charge in [0.25, 0.3) is 0 Å². The van der Waals surface area contributed by atoms with Gasteiger partial charge in [-0.2, -0.15) is 0 Å². The molecular formula is C9H9NO3. The maximum atomic E-state index is 8.41. The van der Waals surface area contributed by atoms with Gasteiger partial charge in [-0.1, -0.05) is 5.16 Å². The summed E-state index contributed by atoms with van der Waals surface area (Å²) in [6, 6.07) is 3.75. The Kier molecular flexibility index (Phi) is 1.81. The Morgan fingerprint density at radius 3 is 3.08 bits per heavy atom. The van der Waals surface area contributed by atoms with Crippen LogP contribution in [0.4, 0.5) is 0 Å². The largest absolute Gasteiger partial charge is 0.454 e. The summed E-state index contributed by atoms with van der Waals surface area (Å²) in [5, 5.41) is 11.4. The van der Waals surface area contributed by atoms with Crippen LogP contribution in [-0.4, -0.2) is 18.2 Å². The molecule has 4 nitrogen and oxygen atoms in total. The number of ether oxygens (including phenoxy) is 2. The van der Waals surface area contributed by atoms with Crippen molar-refractivity contribution in [3.8, 4) is 11.5 Å². The summed E-state index contributed by atoms with van der Waals surface area (Å²) < 4.78 is 10.4. The molecule has 0 saturated carbocycles. The summed E-state index contributed by atoms with van der Waals surface area (Å²) in [5.74, 6) is 1.35.